The Labute approximate surface area is 166 Å². The number of nitrogens with two attached hydrogens (primary N) is 1. The minimum Gasteiger partial charge on any atom is -0.445 e. The molecule has 0 spiro atoms. The number of unbranched alkanes of at least 4 members (excludes halogenated alkanes) is 1. The van der Waals surface area contributed by atoms with Crippen LogP contribution in [0.1, 0.15) is 52.0 Å². The van der Waals surface area contributed by atoms with E-state index in [1.807, 2.05) is 20.8 Å². The van der Waals surface area contributed by atoms with Gasteiger partial charge in [-0.05, 0) is 36.5 Å². The molecule has 3 atom stereocenters. The van der Waals surface area contributed by atoms with Crippen molar-refractivity contribution in [3.8, 4) is 0 Å². The van der Waals surface area contributed by atoms with Crippen LogP contribution in [0.4, 0.5) is 4.79 Å². The Bertz CT molecular complexity index is 592. The zero-order valence-electron chi connectivity index (χ0n) is 16.3. The second-order valence-electron chi connectivity index (χ2n) is 7.18. The number of aliphatic hydroxyl groups excluding tert-OH is 1. The van der Waals surface area contributed by atoms with Gasteiger partial charge in [-0.2, -0.15) is 0 Å². The van der Waals surface area contributed by atoms with E-state index in [2.05, 4.69) is 5.32 Å². The summed E-state index contributed by atoms with van der Waals surface area (Å²) < 4.78 is 5.18. The molecule has 0 radical (unpaired) electrons. The highest BCUT2D eigenvalue weighted by molar-refractivity contribution is 6.30. The lowest BCUT2D eigenvalue weighted by Crippen LogP contribution is -2.51. The number of Topliss-reactive ketones (excluding diaryl/α,β-unsaturated/α-hetero) is 1. The fraction of sp³-hybridized carbons (Fsp3) is 0.600. The van der Waals surface area contributed by atoms with Gasteiger partial charge in [0.05, 0.1) is 6.04 Å². The van der Waals surface area contributed by atoms with Gasteiger partial charge in [-0.3, -0.25) is 4.79 Å². The van der Waals surface area contributed by atoms with Gasteiger partial charge >= 0.3 is 6.09 Å². The molecule has 0 heterocycles. The molecule has 6 nitrogen and oxygen atoms in total. The molecular formula is C20H31ClN2O4. The number of ether oxygens (including phenoxy) is 1. The largest absolute Gasteiger partial charge is 0.445 e. The number of hydrogen-bond donors (Lipinski definition) is 3. The third-order valence-corrected chi connectivity index (χ3v) is 4.46. The molecule has 0 fully saturated rings. The Hall–Kier alpha value is -1.63. The van der Waals surface area contributed by atoms with Gasteiger partial charge in [0.2, 0.25) is 0 Å². The van der Waals surface area contributed by atoms with Crippen molar-refractivity contribution >= 4 is 23.5 Å². The van der Waals surface area contributed by atoms with Crippen LogP contribution in [0, 0.1) is 5.92 Å². The zero-order valence-corrected chi connectivity index (χ0v) is 17.0. The van der Waals surface area contributed by atoms with Crippen LogP contribution in [0.5, 0.6) is 0 Å². The van der Waals surface area contributed by atoms with Gasteiger partial charge in [0, 0.05) is 11.1 Å². The van der Waals surface area contributed by atoms with Crippen molar-refractivity contribution in [3.63, 3.8) is 0 Å². The van der Waals surface area contributed by atoms with E-state index >= 15 is 0 Å². The molecule has 0 bridgehead atoms. The van der Waals surface area contributed by atoms with Crippen molar-refractivity contribution in [1.82, 2.24) is 5.32 Å². The van der Waals surface area contributed by atoms with Gasteiger partial charge in [-0.25, -0.2) is 4.79 Å². The van der Waals surface area contributed by atoms with Gasteiger partial charge in [0.1, 0.15) is 12.7 Å². The summed E-state index contributed by atoms with van der Waals surface area (Å²) >= 11 is 5.82. The Morgan fingerprint density at radius 1 is 1.26 bits per heavy atom. The van der Waals surface area contributed by atoms with E-state index in [0.717, 1.165) is 18.4 Å². The van der Waals surface area contributed by atoms with E-state index in [1.54, 1.807) is 24.3 Å². The minimum atomic E-state index is -1.31. The maximum Gasteiger partial charge on any atom is 0.408 e. The van der Waals surface area contributed by atoms with E-state index in [4.69, 9.17) is 22.1 Å². The summed E-state index contributed by atoms with van der Waals surface area (Å²) in [5, 5.41) is 13.4. The molecule has 0 aromatic heterocycles. The van der Waals surface area contributed by atoms with Gasteiger partial charge in [-0.1, -0.05) is 57.3 Å². The van der Waals surface area contributed by atoms with Crippen molar-refractivity contribution in [2.75, 3.05) is 0 Å². The van der Waals surface area contributed by atoms with Gasteiger partial charge in [-0.15, -0.1) is 0 Å². The smallest absolute Gasteiger partial charge is 0.408 e. The number of hydrogen-bond acceptors (Lipinski definition) is 5. The highest BCUT2D eigenvalue weighted by atomic mass is 35.5. The van der Waals surface area contributed by atoms with Crippen LogP contribution in [0.2, 0.25) is 5.02 Å². The summed E-state index contributed by atoms with van der Waals surface area (Å²) in [5.41, 5.74) is 6.72. The van der Waals surface area contributed by atoms with Crippen LogP contribution >= 0.6 is 11.6 Å². The van der Waals surface area contributed by atoms with E-state index in [-0.39, 0.29) is 12.5 Å². The zero-order chi connectivity index (χ0) is 20.4. The van der Waals surface area contributed by atoms with Gasteiger partial charge in [0.15, 0.2) is 5.78 Å². The van der Waals surface area contributed by atoms with Crippen molar-refractivity contribution in [2.45, 2.75) is 71.2 Å². The van der Waals surface area contributed by atoms with Crippen molar-refractivity contribution < 1.29 is 19.4 Å². The fourth-order valence-corrected chi connectivity index (χ4v) is 2.82. The Morgan fingerprint density at radius 3 is 2.44 bits per heavy atom. The van der Waals surface area contributed by atoms with E-state index in [1.165, 1.54) is 0 Å². The van der Waals surface area contributed by atoms with Crippen LogP contribution in [-0.2, 0) is 16.1 Å². The predicted molar refractivity (Wildman–Crippen MR) is 107 cm³/mol. The molecule has 1 aromatic rings. The number of nitrogens with one attached hydrogen (secondary N) is 1. The second-order valence-corrected chi connectivity index (χ2v) is 7.62. The molecule has 7 heteroatoms. The quantitative estimate of drug-likeness (QED) is 0.530. The molecule has 1 amide bonds. The fourth-order valence-electron chi connectivity index (χ4n) is 2.70. The molecule has 0 aliphatic carbocycles. The Morgan fingerprint density at radius 2 is 1.89 bits per heavy atom. The SMILES string of the molecule is CCCC[C@H](NC(=O)OCc1ccc(Cl)cc1)C(=O)C(O)[C@@H](N)CC(C)C. The molecular weight excluding hydrogens is 368 g/mol. The summed E-state index contributed by atoms with van der Waals surface area (Å²) in [5.74, 6) is -0.214. The third kappa shape index (κ3) is 8.73. The number of halogens is 1. The summed E-state index contributed by atoms with van der Waals surface area (Å²) in [7, 11) is 0. The summed E-state index contributed by atoms with van der Waals surface area (Å²) in [6.07, 6.45) is 0.528. The normalized spacial score (nSPS) is 14.5. The van der Waals surface area contributed by atoms with Crippen LogP contribution in [0.3, 0.4) is 0 Å². The van der Waals surface area contributed by atoms with Gasteiger partial charge < -0.3 is 20.9 Å². The molecule has 0 aliphatic heterocycles. The summed E-state index contributed by atoms with van der Waals surface area (Å²) in [6, 6.07) is 5.44. The average Bonchev–Trinajstić information content (AvgIpc) is 2.62. The first kappa shape index (κ1) is 23.4. The first-order chi connectivity index (χ1) is 12.7. The predicted octanol–water partition coefficient (Wildman–Crippen LogP) is 3.43. The van der Waals surface area contributed by atoms with Crippen molar-refractivity contribution in [2.24, 2.45) is 11.7 Å². The molecule has 1 unspecified atom stereocenters. The lowest BCUT2D eigenvalue weighted by Gasteiger charge is -2.24. The number of rotatable bonds is 11. The summed E-state index contributed by atoms with van der Waals surface area (Å²) in [6.45, 7) is 5.99. The molecule has 1 rings (SSSR count). The number of benzene rings is 1. The van der Waals surface area contributed by atoms with Crippen LogP contribution in [0.15, 0.2) is 24.3 Å². The lowest BCUT2D eigenvalue weighted by atomic mass is 9.93. The number of aliphatic hydroxyl groups is 1. The molecule has 0 saturated heterocycles. The molecule has 152 valence electrons. The number of ketones is 1. The molecule has 27 heavy (non-hydrogen) atoms. The van der Waals surface area contributed by atoms with Crippen molar-refractivity contribution in [3.05, 3.63) is 34.9 Å². The third-order valence-electron chi connectivity index (χ3n) is 4.21. The van der Waals surface area contributed by atoms with Crippen LogP contribution in [-0.4, -0.2) is 35.2 Å². The van der Waals surface area contributed by atoms with Crippen LogP contribution < -0.4 is 11.1 Å². The molecule has 0 saturated carbocycles. The number of alkyl carbamates (subject to hydrolysis) is 1. The number of carbonyl (C=O) groups is 2. The Kier molecular flexibility index (Phi) is 10.4. The maximum atomic E-state index is 12.6. The number of amides is 1. The highest BCUT2D eigenvalue weighted by Gasteiger charge is 2.31. The van der Waals surface area contributed by atoms with Crippen molar-refractivity contribution in [1.29, 1.82) is 0 Å². The van der Waals surface area contributed by atoms with E-state index in [9.17, 15) is 14.7 Å². The molecule has 4 N–H and O–H groups in total. The highest BCUT2D eigenvalue weighted by Crippen LogP contribution is 2.13. The van der Waals surface area contributed by atoms with Gasteiger partial charge in [0.25, 0.3) is 0 Å². The van der Waals surface area contributed by atoms with E-state index in [0.29, 0.717) is 17.9 Å². The summed E-state index contributed by atoms with van der Waals surface area (Å²) in [4.78, 5) is 24.7. The topological polar surface area (TPSA) is 102 Å². The molecule has 0 aliphatic rings. The van der Waals surface area contributed by atoms with Crippen LogP contribution in [0.25, 0.3) is 0 Å². The monoisotopic (exact) mass is 398 g/mol. The Balaban J connectivity index is 2.64. The second kappa shape index (κ2) is 12.0. The average molecular weight is 399 g/mol. The first-order valence-corrected chi connectivity index (χ1v) is 9.77. The first-order valence-electron chi connectivity index (χ1n) is 9.39. The minimum absolute atomic E-state index is 0.0626. The maximum absolute atomic E-state index is 12.6. The number of carbonyl (C=O) groups excluding carboxylic acids is 2. The standard InChI is InChI=1S/C20H31ClN2O4/c1-4-5-6-17(19(25)18(24)16(22)11-13(2)3)23-20(26)27-12-14-7-9-15(21)10-8-14/h7-10,13,16-18,24H,4-6,11-12,22H2,1-3H3,(H,23,26)/t16-,17-,18?/m0/s1. The lowest BCUT2D eigenvalue weighted by molar-refractivity contribution is -0.130. The van der Waals surface area contributed by atoms with E-state index < -0.39 is 30.1 Å². The molecule has 1 aromatic carbocycles.